The number of anilines is 1. The van der Waals surface area contributed by atoms with E-state index in [0.717, 1.165) is 12.1 Å². The summed E-state index contributed by atoms with van der Waals surface area (Å²) in [6, 6.07) is 8.54. The van der Waals surface area contributed by atoms with Crippen LogP contribution < -0.4 is 10.1 Å². The van der Waals surface area contributed by atoms with Crippen molar-refractivity contribution in [1.29, 1.82) is 5.26 Å². The van der Waals surface area contributed by atoms with E-state index in [2.05, 4.69) is 5.32 Å². The van der Waals surface area contributed by atoms with E-state index in [9.17, 15) is 18.7 Å². The zero-order valence-electron chi connectivity index (χ0n) is 12.9. The van der Waals surface area contributed by atoms with Crippen molar-refractivity contribution in [2.75, 3.05) is 11.9 Å². The Kier molecular flexibility index (Phi) is 6.39. The number of nitrogens with zero attached hydrogens (tertiary/aromatic N) is 1. The summed E-state index contributed by atoms with van der Waals surface area (Å²) in [5, 5.41) is 21.4. The molecule has 2 N–H and O–H groups in total. The molecule has 2 aromatic rings. The van der Waals surface area contributed by atoms with Gasteiger partial charge in [-0.15, -0.1) is 0 Å². The van der Waals surface area contributed by atoms with Crippen LogP contribution in [0.3, 0.4) is 0 Å². The number of nitrogens with one attached hydrogen (secondary N) is 1. The van der Waals surface area contributed by atoms with E-state index in [4.69, 9.17) is 33.2 Å². The molecule has 0 unspecified atom stereocenters. The van der Waals surface area contributed by atoms with Crippen molar-refractivity contribution in [3.63, 3.8) is 0 Å². The van der Waals surface area contributed by atoms with Crippen LogP contribution in [0.5, 0.6) is 5.75 Å². The minimum Gasteiger partial charge on any atom is -0.507 e. The molecule has 0 bridgehead atoms. The Morgan fingerprint density at radius 3 is 2.46 bits per heavy atom. The molecule has 2 rings (SSSR count). The molecule has 0 aliphatic heterocycles. The average Bonchev–Trinajstić information content (AvgIpc) is 2.57. The minimum atomic E-state index is -1.09. The van der Waals surface area contributed by atoms with Gasteiger partial charge in [-0.2, -0.15) is 5.26 Å². The van der Waals surface area contributed by atoms with Gasteiger partial charge in [-0.05, 0) is 24.3 Å². The number of carbonyl (C=O) groups is 1. The number of aliphatic hydroxyl groups is 1. The Bertz CT molecular complexity index is 906. The van der Waals surface area contributed by atoms with E-state index in [-0.39, 0.29) is 21.5 Å². The van der Waals surface area contributed by atoms with Crippen LogP contribution in [-0.2, 0) is 4.79 Å². The number of benzene rings is 2. The number of halogens is 4. The number of carbonyl (C=O) groups excluding carboxylic acids is 1. The summed E-state index contributed by atoms with van der Waals surface area (Å²) < 4.78 is 31.7. The highest BCUT2D eigenvalue weighted by Crippen LogP contribution is 2.32. The summed E-state index contributed by atoms with van der Waals surface area (Å²) in [4.78, 5) is 12.0. The molecular weight excluding hydrogens is 389 g/mol. The lowest BCUT2D eigenvalue weighted by Gasteiger charge is -2.11. The van der Waals surface area contributed by atoms with Crippen molar-refractivity contribution >= 4 is 34.8 Å². The van der Waals surface area contributed by atoms with E-state index in [1.165, 1.54) is 18.2 Å². The molecule has 0 fully saturated rings. The molecule has 2 aromatic carbocycles. The monoisotopic (exact) mass is 398 g/mol. The highest BCUT2D eigenvalue weighted by Gasteiger charge is 2.18. The Morgan fingerprint density at radius 2 is 1.88 bits per heavy atom. The normalized spacial score (nSPS) is 11.3. The lowest BCUT2D eigenvalue weighted by molar-refractivity contribution is -0.112. The van der Waals surface area contributed by atoms with Crippen molar-refractivity contribution in [2.24, 2.45) is 0 Å². The van der Waals surface area contributed by atoms with Crippen molar-refractivity contribution in [2.45, 2.75) is 0 Å². The molecule has 134 valence electrons. The Balaban J connectivity index is 2.16. The first-order valence-electron chi connectivity index (χ1n) is 6.99. The van der Waals surface area contributed by atoms with Gasteiger partial charge in [0.1, 0.15) is 24.3 Å². The molecule has 0 heterocycles. The first-order chi connectivity index (χ1) is 12.3. The zero-order valence-corrected chi connectivity index (χ0v) is 14.4. The van der Waals surface area contributed by atoms with Crippen LogP contribution in [0.2, 0.25) is 10.0 Å². The fraction of sp³-hybridized carbons (Fsp3) is 0.0588. The maximum atomic E-state index is 13.6. The number of hydrogen-bond donors (Lipinski definition) is 2. The summed E-state index contributed by atoms with van der Waals surface area (Å²) in [6.45, 7) is -0.578. The molecule has 0 spiro atoms. The molecular formula is C17H10Cl2F2N2O3. The summed E-state index contributed by atoms with van der Waals surface area (Å²) in [5.74, 6) is -3.61. The number of amides is 1. The van der Waals surface area contributed by atoms with Gasteiger partial charge >= 0.3 is 0 Å². The third-order valence-corrected chi connectivity index (χ3v) is 3.67. The SMILES string of the molecule is N#C/C(C(=O)Nc1ccc(F)cc1F)=C(/O)COc1c(Cl)cccc1Cl. The molecule has 5 nitrogen and oxygen atoms in total. The number of nitriles is 1. The second kappa shape index (κ2) is 8.52. The topological polar surface area (TPSA) is 82.4 Å². The van der Waals surface area contributed by atoms with E-state index in [1.54, 1.807) is 6.07 Å². The molecule has 9 heteroatoms. The molecule has 0 atom stereocenters. The predicted molar refractivity (Wildman–Crippen MR) is 92.2 cm³/mol. The lowest BCUT2D eigenvalue weighted by Crippen LogP contribution is -2.18. The number of aliphatic hydroxyl groups excluding tert-OH is 1. The van der Waals surface area contributed by atoms with Crippen molar-refractivity contribution in [3.05, 3.63) is 69.4 Å². The maximum absolute atomic E-state index is 13.6. The maximum Gasteiger partial charge on any atom is 0.270 e. The summed E-state index contributed by atoms with van der Waals surface area (Å²) in [5.41, 5.74) is -1.07. The molecule has 0 saturated heterocycles. The van der Waals surface area contributed by atoms with E-state index in [1.807, 2.05) is 0 Å². The average molecular weight is 399 g/mol. The number of rotatable bonds is 5. The second-order valence-electron chi connectivity index (χ2n) is 4.85. The predicted octanol–water partition coefficient (Wildman–Crippen LogP) is 4.62. The van der Waals surface area contributed by atoms with Crippen LogP contribution in [0.4, 0.5) is 14.5 Å². The standard InChI is InChI=1S/C17H10Cl2F2N2O3/c18-11-2-1-3-12(19)16(11)26-8-15(24)10(7-22)17(25)23-14-5-4-9(20)6-13(14)21/h1-6,24H,8H2,(H,23,25)/b15-10-. The van der Waals surface area contributed by atoms with Gasteiger partial charge in [-0.3, -0.25) is 4.79 Å². The lowest BCUT2D eigenvalue weighted by atomic mass is 10.2. The third kappa shape index (κ3) is 4.63. The Hall–Kier alpha value is -2.82. The van der Waals surface area contributed by atoms with Crippen LogP contribution in [0, 0.1) is 23.0 Å². The first kappa shape index (κ1) is 19.5. The van der Waals surface area contributed by atoms with Crippen LogP contribution in [0.1, 0.15) is 0 Å². The van der Waals surface area contributed by atoms with Gasteiger partial charge < -0.3 is 15.2 Å². The van der Waals surface area contributed by atoms with Gasteiger partial charge in [0, 0.05) is 6.07 Å². The first-order valence-corrected chi connectivity index (χ1v) is 7.74. The molecule has 26 heavy (non-hydrogen) atoms. The Morgan fingerprint density at radius 1 is 1.23 bits per heavy atom. The van der Waals surface area contributed by atoms with Crippen molar-refractivity contribution in [1.82, 2.24) is 0 Å². The largest absolute Gasteiger partial charge is 0.507 e. The third-order valence-electron chi connectivity index (χ3n) is 3.08. The number of para-hydroxylation sites is 1. The zero-order chi connectivity index (χ0) is 19.3. The molecule has 0 aromatic heterocycles. The quantitative estimate of drug-likeness (QED) is 0.437. The highest BCUT2D eigenvalue weighted by atomic mass is 35.5. The smallest absolute Gasteiger partial charge is 0.270 e. The summed E-state index contributed by atoms with van der Waals surface area (Å²) in [7, 11) is 0. The highest BCUT2D eigenvalue weighted by molar-refractivity contribution is 6.37. The fourth-order valence-corrected chi connectivity index (χ4v) is 2.36. The Labute approximate surface area is 157 Å². The summed E-state index contributed by atoms with van der Waals surface area (Å²) >= 11 is 11.8. The summed E-state index contributed by atoms with van der Waals surface area (Å²) in [6.07, 6.45) is 0. The minimum absolute atomic E-state index is 0.0599. The van der Waals surface area contributed by atoms with Crippen LogP contribution in [0.25, 0.3) is 0 Å². The number of ether oxygens (including phenoxy) is 1. The molecule has 0 aliphatic carbocycles. The van der Waals surface area contributed by atoms with Crippen molar-refractivity contribution in [3.8, 4) is 11.8 Å². The van der Waals surface area contributed by atoms with E-state index in [0.29, 0.717) is 6.07 Å². The van der Waals surface area contributed by atoms with E-state index >= 15 is 0 Å². The van der Waals surface area contributed by atoms with Gasteiger partial charge in [0.05, 0.1) is 15.7 Å². The van der Waals surface area contributed by atoms with Crippen LogP contribution in [-0.4, -0.2) is 17.6 Å². The molecule has 0 saturated carbocycles. The van der Waals surface area contributed by atoms with Crippen LogP contribution in [0.15, 0.2) is 47.7 Å². The van der Waals surface area contributed by atoms with E-state index < -0.39 is 35.5 Å². The molecule has 1 amide bonds. The number of hydrogen-bond acceptors (Lipinski definition) is 4. The van der Waals surface area contributed by atoms with Gasteiger partial charge in [-0.1, -0.05) is 29.3 Å². The van der Waals surface area contributed by atoms with Gasteiger partial charge in [-0.25, -0.2) is 8.78 Å². The molecule has 0 aliphatic rings. The van der Waals surface area contributed by atoms with Gasteiger partial charge in [0.2, 0.25) is 0 Å². The molecule has 0 radical (unpaired) electrons. The fourth-order valence-electron chi connectivity index (χ4n) is 1.86. The van der Waals surface area contributed by atoms with Crippen LogP contribution >= 0.6 is 23.2 Å². The van der Waals surface area contributed by atoms with Crippen molar-refractivity contribution < 1.29 is 23.4 Å². The second-order valence-corrected chi connectivity index (χ2v) is 5.67. The van der Waals surface area contributed by atoms with Gasteiger partial charge in [0.15, 0.2) is 17.1 Å². The van der Waals surface area contributed by atoms with Gasteiger partial charge in [0.25, 0.3) is 5.91 Å².